The average molecular weight is 298 g/mol. The lowest BCUT2D eigenvalue weighted by molar-refractivity contribution is -0.124. The summed E-state index contributed by atoms with van der Waals surface area (Å²) in [6.07, 6.45) is 7.18. The molecule has 2 N–H and O–H groups in total. The molecular weight excluding hydrogens is 280 g/mol. The van der Waals surface area contributed by atoms with Gasteiger partial charge >= 0.3 is 0 Å². The molecule has 2 rings (SSSR count). The normalized spacial score (nSPS) is 10.8. The fourth-order valence-electron chi connectivity index (χ4n) is 1.90. The maximum atomic E-state index is 12.0. The molecule has 0 aliphatic carbocycles. The molecule has 2 aromatic rings. The number of hydrogen-bond acceptors (Lipinski definition) is 4. The van der Waals surface area contributed by atoms with E-state index in [1.807, 2.05) is 12.1 Å². The van der Waals surface area contributed by atoms with E-state index in [4.69, 9.17) is 0 Å². The van der Waals surface area contributed by atoms with E-state index < -0.39 is 0 Å². The van der Waals surface area contributed by atoms with Gasteiger partial charge in [-0.2, -0.15) is 0 Å². The molecule has 0 unspecified atom stereocenters. The van der Waals surface area contributed by atoms with Crippen molar-refractivity contribution in [2.75, 3.05) is 13.6 Å². The number of hydrogen-bond donors (Lipinski definition) is 2. The molecule has 0 aliphatic heterocycles. The zero-order chi connectivity index (χ0) is 15.9. The highest BCUT2D eigenvalue weighted by Gasteiger charge is 2.06. The maximum absolute atomic E-state index is 12.0. The van der Waals surface area contributed by atoms with Gasteiger partial charge in [0.05, 0.1) is 0 Å². The number of carbonyl (C=O) groups excluding carboxylic acids is 1. The van der Waals surface area contributed by atoms with E-state index in [0.29, 0.717) is 13.0 Å². The van der Waals surface area contributed by atoms with Crippen LogP contribution in [-0.4, -0.2) is 39.6 Å². The van der Waals surface area contributed by atoms with Crippen molar-refractivity contribution < 1.29 is 15.0 Å². The van der Waals surface area contributed by atoms with Crippen molar-refractivity contribution in [1.29, 1.82) is 0 Å². The minimum Gasteiger partial charge on any atom is -0.504 e. The highest BCUT2D eigenvalue weighted by Crippen LogP contribution is 2.25. The lowest BCUT2D eigenvalue weighted by Crippen LogP contribution is -2.27. The third-order valence-electron chi connectivity index (χ3n) is 3.25. The van der Waals surface area contributed by atoms with Crippen LogP contribution in [0.4, 0.5) is 0 Å². The summed E-state index contributed by atoms with van der Waals surface area (Å²) in [5, 5.41) is 18.7. The number of amides is 1. The largest absolute Gasteiger partial charge is 0.504 e. The van der Waals surface area contributed by atoms with E-state index in [1.54, 1.807) is 36.5 Å². The quantitative estimate of drug-likeness (QED) is 0.655. The van der Waals surface area contributed by atoms with Gasteiger partial charge in [0.2, 0.25) is 5.91 Å². The number of likely N-dealkylation sites (N-methyl/N-ethyl adjacent to an activating group) is 1. The molecule has 22 heavy (non-hydrogen) atoms. The Balaban J connectivity index is 1.88. The van der Waals surface area contributed by atoms with Crippen LogP contribution in [0.5, 0.6) is 11.5 Å². The van der Waals surface area contributed by atoms with E-state index in [1.165, 1.54) is 18.2 Å². The van der Waals surface area contributed by atoms with Crippen LogP contribution in [0.2, 0.25) is 0 Å². The number of aromatic nitrogens is 1. The van der Waals surface area contributed by atoms with Gasteiger partial charge in [-0.15, -0.1) is 0 Å². The topological polar surface area (TPSA) is 73.7 Å². The molecule has 0 atom stereocenters. The number of carbonyl (C=O) groups is 1. The second kappa shape index (κ2) is 7.26. The first-order valence-electron chi connectivity index (χ1n) is 6.90. The fourth-order valence-corrected chi connectivity index (χ4v) is 1.90. The van der Waals surface area contributed by atoms with Crippen LogP contribution in [0.25, 0.3) is 6.08 Å². The second-order valence-corrected chi connectivity index (χ2v) is 4.95. The Labute approximate surface area is 129 Å². The second-order valence-electron chi connectivity index (χ2n) is 4.95. The number of benzene rings is 1. The van der Waals surface area contributed by atoms with E-state index in [2.05, 4.69) is 4.98 Å². The van der Waals surface area contributed by atoms with Gasteiger partial charge in [0.1, 0.15) is 0 Å². The minimum atomic E-state index is -0.150. The van der Waals surface area contributed by atoms with Crippen molar-refractivity contribution in [3.8, 4) is 11.5 Å². The summed E-state index contributed by atoms with van der Waals surface area (Å²) < 4.78 is 0. The predicted molar refractivity (Wildman–Crippen MR) is 84.4 cm³/mol. The lowest BCUT2D eigenvalue weighted by atomic mass is 10.1. The first-order valence-corrected chi connectivity index (χ1v) is 6.90. The highest BCUT2D eigenvalue weighted by molar-refractivity contribution is 5.91. The summed E-state index contributed by atoms with van der Waals surface area (Å²) in [4.78, 5) is 17.6. The number of phenols is 2. The molecule has 5 heteroatoms. The standard InChI is InChI=1S/C17H18N2O3/c1-19(10-8-13-4-6-15(20)16(21)11-13)17(22)7-5-14-3-2-9-18-12-14/h2-7,9,11-12,20-21H,8,10H2,1H3/b7-5+. The molecule has 5 nitrogen and oxygen atoms in total. The molecule has 0 saturated heterocycles. The number of pyridine rings is 1. The minimum absolute atomic E-state index is 0.105. The molecular formula is C17H18N2O3. The zero-order valence-corrected chi connectivity index (χ0v) is 12.3. The summed E-state index contributed by atoms with van der Waals surface area (Å²) in [5.74, 6) is -0.401. The van der Waals surface area contributed by atoms with Crippen LogP contribution < -0.4 is 0 Å². The van der Waals surface area contributed by atoms with Crippen LogP contribution in [0, 0.1) is 0 Å². The van der Waals surface area contributed by atoms with Gasteiger partial charge in [0.15, 0.2) is 11.5 Å². The van der Waals surface area contributed by atoms with Gasteiger partial charge in [-0.25, -0.2) is 0 Å². The fraction of sp³-hybridized carbons (Fsp3) is 0.176. The smallest absolute Gasteiger partial charge is 0.246 e. The average Bonchev–Trinajstić information content (AvgIpc) is 2.54. The summed E-state index contributed by atoms with van der Waals surface area (Å²) in [7, 11) is 1.72. The first kappa shape index (κ1) is 15.6. The summed E-state index contributed by atoms with van der Waals surface area (Å²) in [6, 6.07) is 8.34. The Morgan fingerprint density at radius 1 is 1.27 bits per heavy atom. The van der Waals surface area contributed by atoms with Crippen LogP contribution in [-0.2, 0) is 11.2 Å². The summed E-state index contributed by atoms with van der Waals surface area (Å²) in [6.45, 7) is 0.514. The SMILES string of the molecule is CN(CCc1ccc(O)c(O)c1)C(=O)/C=C/c1cccnc1. The third-order valence-corrected chi connectivity index (χ3v) is 3.25. The summed E-state index contributed by atoms with van der Waals surface area (Å²) in [5.41, 5.74) is 1.72. The zero-order valence-electron chi connectivity index (χ0n) is 12.3. The molecule has 0 bridgehead atoms. The van der Waals surface area contributed by atoms with E-state index in [9.17, 15) is 15.0 Å². The van der Waals surface area contributed by atoms with Gasteiger partial charge in [-0.3, -0.25) is 9.78 Å². The van der Waals surface area contributed by atoms with Crippen molar-refractivity contribution in [3.05, 3.63) is 59.9 Å². The van der Waals surface area contributed by atoms with Crippen molar-refractivity contribution in [1.82, 2.24) is 9.88 Å². The highest BCUT2D eigenvalue weighted by atomic mass is 16.3. The molecule has 1 amide bonds. The van der Waals surface area contributed by atoms with Crippen molar-refractivity contribution >= 4 is 12.0 Å². The molecule has 0 aliphatic rings. The van der Waals surface area contributed by atoms with E-state index in [0.717, 1.165) is 11.1 Å². The molecule has 1 aromatic heterocycles. The van der Waals surface area contributed by atoms with Crippen LogP contribution in [0.1, 0.15) is 11.1 Å². The Morgan fingerprint density at radius 3 is 2.77 bits per heavy atom. The Morgan fingerprint density at radius 2 is 2.09 bits per heavy atom. The first-order chi connectivity index (χ1) is 10.6. The molecule has 0 fully saturated rings. The number of phenolic OH excluding ortho intramolecular Hbond substituents is 2. The Hall–Kier alpha value is -2.82. The molecule has 114 valence electrons. The van der Waals surface area contributed by atoms with Crippen molar-refractivity contribution in [2.45, 2.75) is 6.42 Å². The molecule has 0 radical (unpaired) electrons. The van der Waals surface area contributed by atoms with Gasteiger partial charge < -0.3 is 15.1 Å². The van der Waals surface area contributed by atoms with Crippen molar-refractivity contribution in [2.24, 2.45) is 0 Å². The van der Waals surface area contributed by atoms with Gasteiger partial charge in [0, 0.05) is 32.1 Å². The van der Waals surface area contributed by atoms with E-state index in [-0.39, 0.29) is 17.4 Å². The third kappa shape index (κ3) is 4.34. The molecule has 0 spiro atoms. The summed E-state index contributed by atoms with van der Waals surface area (Å²) >= 11 is 0. The van der Waals surface area contributed by atoms with Gasteiger partial charge in [-0.05, 0) is 41.8 Å². The van der Waals surface area contributed by atoms with Crippen LogP contribution >= 0.6 is 0 Å². The number of aromatic hydroxyl groups is 2. The Kier molecular flexibility index (Phi) is 5.14. The van der Waals surface area contributed by atoms with Gasteiger partial charge in [-0.1, -0.05) is 12.1 Å². The maximum Gasteiger partial charge on any atom is 0.246 e. The molecule has 1 aromatic carbocycles. The molecule has 1 heterocycles. The van der Waals surface area contributed by atoms with Gasteiger partial charge in [0.25, 0.3) is 0 Å². The predicted octanol–water partition coefficient (Wildman–Crippen LogP) is 2.21. The monoisotopic (exact) mass is 298 g/mol. The number of nitrogens with zero attached hydrogens (tertiary/aromatic N) is 2. The van der Waals surface area contributed by atoms with Crippen molar-refractivity contribution in [3.63, 3.8) is 0 Å². The van der Waals surface area contributed by atoms with Crippen LogP contribution in [0.3, 0.4) is 0 Å². The van der Waals surface area contributed by atoms with E-state index >= 15 is 0 Å². The lowest BCUT2D eigenvalue weighted by Gasteiger charge is -2.15. The Bertz CT molecular complexity index is 669. The molecule has 0 saturated carbocycles. The van der Waals surface area contributed by atoms with Crippen LogP contribution in [0.15, 0.2) is 48.8 Å². The number of rotatable bonds is 5.